The molecular formula is C3H6N2O2S. The zero-order valence-corrected chi connectivity index (χ0v) is 5.08. The van der Waals surface area contributed by atoms with Gasteiger partial charge in [-0.1, -0.05) is 0 Å². The Morgan fingerprint density at radius 2 is 2.25 bits per heavy atom. The van der Waals surface area contributed by atoms with Gasteiger partial charge in [0.2, 0.25) is 0 Å². The van der Waals surface area contributed by atoms with Gasteiger partial charge >= 0.3 is 6.09 Å². The van der Waals surface area contributed by atoms with Crippen LogP contribution in [0.5, 0.6) is 0 Å². The van der Waals surface area contributed by atoms with Crippen LogP contribution in [0.15, 0.2) is 0 Å². The summed E-state index contributed by atoms with van der Waals surface area (Å²) in [6.45, 7) is 0. The fraction of sp³-hybridized carbons (Fsp3) is 0.333. The summed E-state index contributed by atoms with van der Waals surface area (Å²) in [4.78, 5) is 9.73. The maximum atomic E-state index is 9.73. The van der Waals surface area contributed by atoms with Crippen molar-refractivity contribution < 1.29 is 9.90 Å². The number of nitrogens with one attached hydrogen (secondary N) is 2. The van der Waals surface area contributed by atoms with Crippen molar-refractivity contribution >= 4 is 23.4 Å². The Labute approximate surface area is 51.9 Å². The highest BCUT2D eigenvalue weighted by Crippen LogP contribution is 1.62. The van der Waals surface area contributed by atoms with Crippen LogP contribution in [0.3, 0.4) is 0 Å². The highest BCUT2D eigenvalue weighted by Gasteiger charge is 1.94. The minimum Gasteiger partial charge on any atom is -0.465 e. The van der Waals surface area contributed by atoms with Gasteiger partial charge in [0.05, 0.1) is 0 Å². The first kappa shape index (κ1) is 7.16. The van der Waals surface area contributed by atoms with Crippen LogP contribution in [0.2, 0.25) is 0 Å². The quantitative estimate of drug-likeness (QED) is 0.400. The molecule has 0 aliphatic rings. The van der Waals surface area contributed by atoms with Gasteiger partial charge in [0.1, 0.15) is 0 Å². The molecule has 0 aromatic heterocycles. The van der Waals surface area contributed by atoms with Gasteiger partial charge in [0.25, 0.3) is 0 Å². The second kappa shape index (κ2) is 3.20. The second-order valence-corrected chi connectivity index (χ2v) is 1.42. The molecule has 0 radical (unpaired) electrons. The number of amides is 1. The Kier molecular flexibility index (Phi) is 2.86. The normalized spacial score (nSPS) is 7.62. The number of carbonyl (C=O) groups is 1. The molecule has 0 rings (SSSR count). The molecular weight excluding hydrogens is 128 g/mol. The molecule has 5 heteroatoms. The summed E-state index contributed by atoms with van der Waals surface area (Å²) in [6.07, 6.45) is -1.15. The van der Waals surface area contributed by atoms with Crippen LogP contribution in [0.25, 0.3) is 0 Å². The zero-order valence-electron chi connectivity index (χ0n) is 4.26. The predicted molar refractivity (Wildman–Crippen MR) is 32.8 cm³/mol. The predicted octanol–water partition coefficient (Wildman–Crippen LogP) is -0.242. The number of carboxylic acid groups (broad SMARTS) is 1. The number of hydrogen-bond acceptors (Lipinski definition) is 2. The third kappa shape index (κ3) is 3.35. The maximum absolute atomic E-state index is 9.73. The van der Waals surface area contributed by atoms with E-state index in [2.05, 4.69) is 17.5 Å². The summed E-state index contributed by atoms with van der Waals surface area (Å²) in [5, 5.41) is 12.5. The average Bonchev–Trinajstić information content (AvgIpc) is 1.65. The Morgan fingerprint density at radius 3 is 2.38 bits per heavy atom. The van der Waals surface area contributed by atoms with Crippen LogP contribution in [0.4, 0.5) is 4.79 Å². The molecule has 0 atom stereocenters. The first-order valence-corrected chi connectivity index (χ1v) is 2.29. The molecule has 0 saturated carbocycles. The maximum Gasteiger partial charge on any atom is 0.410 e. The van der Waals surface area contributed by atoms with E-state index in [-0.39, 0.29) is 5.11 Å². The number of thiocarbonyl (C=S) groups is 1. The third-order valence-electron chi connectivity index (χ3n) is 0.448. The first-order valence-electron chi connectivity index (χ1n) is 1.88. The minimum atomic E-state index is -1.15. The van der Waals surface area contributed by atoms with E-state index < -0.39 is 6.09 Å². The van der Waals surface area contributed by atoms with Crippen molar-refractivity contribution in [2.24, 2.45) is 0 Å². The van der Waals surface area contributed by atoms with Crippen LogP contribution in [-0.2, 0) is 0 Å². The second-order valence-electron chi connectivity index (χ2n) is 1.01. The molecule has 0 aliphatic heterocycles. The van der Waals surface area contributed by atoms with Gasteiger partial charge in [-0.05, 0) is 12.2 Å². The van der Waals surface area contributed by atoms with E-state index in [9.17, 15) is 4.79 Å². The molecule has 0 fully saturated rings. The van der Waals surface area contributed by atoms with Crippen molar-refractivity contribution in [1.29, 1.82) is 0 Å². The summed E-state index contributed by atoms with van der Waals surface area (Å²) in [7, 11) is 1.54. The molecule has 0 aromatic rings. The number of hydrogen-bond donors (Lipinski definition) is 3. The van der Waals surface area contributed by atoms with Crippen molar-refractivity contribution in [1.82, 2.24) is 10.6 Å². The molecule has 0 saturated heterocycles. The van der Waals surface area contributed by atoms with Crippen LogP contribution in [0, 0.1) is 0 Å². The summed E-state index contributed by atoms with van der Waals surface area (Å²) in [5.74, 6) is 0. The van der Waals surface area contributed by atoms with Crippen molar-refractivity contribution in [3.63, 3.8) is 0 Å². The molecule has 0 unspecified atom stereocenters. The lowest BCUT2D eigenvalue weighted by atomic mass is 10.9. The van der Waals surface area contributed by atoms with E-state index in [1.54, 1.807) is 0 Å². The van der Waals surface area contributed by atoms with Crippen LogP contribution in [0.1, 0.15) is 0 Å². The molecule has 3 N–H and O–H groups in total. The SMILES string of the molecule is CNC(=S)NC(=O)O. The van der Waals surface area contributed by atoms with E-state index in [4.69, 9.17) is 5.11 Å². The van der Waals surface area contributed by atoms with Crippen molar-refractivity contribution in [3.8, 4) is 0 Å². The zero-order chi connectivity index (χ0) is 6.57. The number of rotatable bonds is 0. The molecule has 0 heterocycles. The molecule has 0 aromatic carbocycles. The lowest BCUT2D eigenvalue weighted by Gasteiger charge is -1.97. The van der Waals surface area contributed by atoms with E-state index in [0.717, 1.165) is 0 Å². The van der Waals surface area contributed by atoms with Gasteiger partial charge in [-0.3, -0.25) is 5.32 Å². The van der Waals surface area contributed by atoms with Gasteiger partial charge in [-0.25, -0.2) is 4.79 Å². The highest BCUT2D eigenvalue weighted by molar-refractivity contribution is 7.80. The molecule has 46 valence electrons. The van der Waals surface area contributed by atoms with E-state index in [1.165, 1.54) is 7.05 Å². The summed E-state index contributed by atoms with van der Waals surface area (Å²) in [6, 6.07) is 0. The standard InChI is InChI=1S/C3H6N2O2S/c1-4-2(8)5-3(6)7/h1H3,(H,6,7)(H2,4,5,8). The molecule has 1 amide bonds. The lowest BCUT2D eigenvalue weighted by molar-refractivity contribution is 0.200. The summed E-state index contributed by atoms with van der Waals surface area (Å²) in [5.41, 5.74) is 0. The Bertz CT molecular complexity index is 114. The Hall–Kier alpha value is -0.840. The molecule has 4 nitrogen and oxygen atoms in total. The lowest BCUT2D eigenvalue weighted by Crippen LogP contribution is -2.35. The third-order valence-corrected chi connectivity index (χ3v) is 0.754. The van der Waals surface area contributed by atoms with Crippen molar-refractivity contribution in [2.75, 3.05) is 7.05 Å². The molecule has 0 aliphatic carbocycles. The highest BCUT2D eigenvalue weighted by atomic mass is 32.1. The molecule has 0 spiro atoms. The summed E-state index contributed by atoms with van der Waals surface area (Å²) >= 11 is 4.43. The minimum absolute atomic E-state index is 0.109. The average molecular weight is 134 g/mol. The summed E-state index contributed by atoms with van der Waals surface area (Å²) < 4.78 is 0. The van der Waals surface area contributed by atoms with Gasteiger partial charge in [-0.2, -0.15) is 0 Å². The monoisotopic (exact) mass is 134 g/mol. The largest absolute Gasteiger partial charge is 0.465 e. The Balaban J connectivity index is 3.40. The van der Waals surface area contributed by atoms with Crippen LogP contribution < -0.4 is 10.6 Å². The molecule has 0 bridgehead atoms. The van der Waals surface area contributed by atoms with Crippen LogP contribution in [-0.4, -0.2) is 23.4 Å². The molecule has 8 heavy (non-hydrogen) atoms. The fourth-order valence-corrected chi connectivity index (χ4v) is 0.247. The van der Waals surface area contributed by atoms with Gasteiger partial charge in [0.15, 0.2) is 5.11 Å². The van der Waals surface area contributed by atoms with Gasteiger partial charge in [0, 0.05) is 7.05 Å². The van der Waals surface area contributed by atoms with E-state index in [0.29, 0.717) is 0 Å². The van der Waals surface area contributed by atoms with E-state index in [1.807, 2.05) is 5.32 Å². The fourth-order valence-electron chi connectivity index (χ4n) is 0.160. The van der Waals surface area contributed by atoms with Gasteiger partial charge in [-0.15, -0.1) is 0 Å². The van der Waals surface area contributed by atoms with Crippen molar-refractivity contribution in [2.45, 2.75) is 0 Å². The smallest absolute Gasteiger partial charge is 0.410 e. The topological polar surface area (TPSA) is 61.4 Å². The van der Waals surface area contributed by atoms with E-state index >= 15 is 0 Å². The van der Waals surface area contributed by atoms with Crippen LogP contribution >= 0.6 is 12.2 Å². The van der Waals surface area contributed by atoms with Gasteiger partial charge < -0.3 is 10.4 Å². The first-order chi connectivity index (χ1) is 3.66. The van der Waals surface area contributed by atoms with Crippen molar-refractivity contribution in [3.05, 3.63) is 0 Å². The Morgan fingerprint density at radius 1 is 1.75 bits per heavy atom.